The van der Waals surface area contributed by atoms with Crippen LogP contribution in [0.3, 0.4) is 0 Å². The number of quaternary nitrogens is 1. The second kappa shape index (κ2) is 12.0. The summed E-state index contributed by atoms with van der Waals surface area (Å²) in [4.78, 5) is 17.0. The van der Waals surface area contributed by atoms with Crippen molar-refractivity contribution in [2.24, 2.45) is 11.8 Å². The van der Waals surface area contributed by atoms with Crippen LogP contribution in [0.25, 0.3) is 0 Å². The summed E-state index contributed by atoms with van der Waals surface area (Å²) in [5.41, 5.74) is 3.68. The number of fused-ring (bicyclic) bond motifs is 2. The molecule has 4 atom stereocenters. The predicted molar refractivity (Wildman–Crippen MR) is 145 cm³/mol. The second-order valence-electron chi connectivity index (χ2n) is 11.9. The minimum Gasteiger partial charge on any atom is -1.00 e. The van der Waals surface area contributed by atoms with Gasteiger partial charge in [0.05, 0.1) is 32.2 Å². The minimum atomic E-state index is -0.190. The van der Waals surface area contributed by atoms with E-state index in [1.54, 1.807) is 7.11 Å². The van der Waals surface area contributed by atoms with Gasteiger partial charge in [-0.05, 0) is 61.1 Å². The molecule has 206 valence electrons. The van der Waals surface area contributed by atoms with Crippen LogP contribution in [-0.4, -0.2) is 50.2 Å². The van der Waals surface area contributed by atoms with Crippen molar-refractivity contribution >= 4 is 5.91 Å². The molecule has 1 spiro atoms. The molecule has 6 heteroatoms. The van der Waals surface area contributed by atoms with Crippen LogP contribution in [0, 0.1) is 11.8 Å². The lowest BCUT2D eigenvalue weighted by molar-refractivity contribution is -0.640. The Morgan fingerprint density at radius 2 is 1.87 bits per heavy atom. The topological polar surface area (TPSA) is 55.4 Å². The number of amides is 1. The number of likely N-dealkylation sites (tertiary alicyclic amines) is 1. The molecule has 1 saturated carbocycles. The summed E-state index contributed by atoms with van der Waals surface area (Å²) in [6, 6.07) is 17.8. The highest BCUT2D eigenvalue weighted by molar-refractivity contribution is 5.82. The van der Waals surface area contributed by atoms with E-state index in [0.717, 1.165) is 50.2 Å². The van der Waals surface area contributed by atoms with Crippen LogP contribution in [0.4, 0.5) is 0 Å². The summed E-state index contributed by atoms with van der Waals surface area (Å²) in [5, 5.41) is 2.38. The molecule has 2 saturated heterocycles. The van der Waals surface area contributed by atoms with E-state index >= 15 is 0 Å². The van der Waals surface area contributed by atoms with Gasteiger partial charge in [-0.25, -0.2) is 0 Å². The van der Waals surface area contributed by atoms with Crippen molar-refractivity contribution < 1.29 is 32.0 Å². The van der Waals surface area contributed by atoms with Crippen LogP contribution in [0.1, 0.15) is 74.0 Å². The minimum absolute atomic E-state index is 0. The highest BCUT2D eigenvalue weighted by Gasteiger charge is 2.55. The lowest BCUT2D eigenvalue weighted by Crippen LogP contribution is -3.00. The maximum atomic E-state index is 14.7. The first-order valence-corrected chi connectivity index (χ1v) is 14.6. The Balaban J connectivity index is 0.00000294. The van der Waals surface area contributed by atoms with Crippen molar-refractivity contribution in [3.8, 4) is 5.75 Å². The first kappa shape index (κ1) is 27.5. The van der Waals surface area contributed by atoms with E-state index in [-0.39, 0.29) is 23.7 Å². The maximum absolute atomic E-state index is 14.7. The van der Waals surface area contributed by atoms with Gasteiger partial charge in [-0.1, -0.05) is 61.7 Å². The monoisotopic (exact) mass is 538 g/mol. The van der Waals surface area contributed by atoms with E-state index in [1.807, 2.05) is 6.07 Å². The van der Waals surface area contributed by atoms with Gasteiger partial charge in [0.2, 0.25) is 5.91 Å². The third-order valence-electron chi connectivity index (χ3n) is 10.1. The van der Waals surface area contributed by atoms with Gasteiger partial charge in [0.1, 0.15) is 11.7 Å². The summed E-state index contributed by atoms with van der Waals surface area (Å²) in [5.74, 6) is 2.46. The van der Waals surface area contributed by atoms with Crippen molar-refractivity contribution in [1.29, 1.82) is 0 Å². The van der Waals surface area contributed by atoms with E-state index in [2.05, 4.69) is 52.7 Å². The molecule has 3 aliphatic heterocycles. The van der Waals surface area contributed by atoms with Crippen LogP contribution in [0.5, 0.6) is 5.75 Å². The third kappa shape index (κ3) is 4.98. The maximum Gasteiger partial charge on any atom is 0.232 e. The fourth-order valence-corrected chi connectivity index (χ4v) is 8.19. The number of benzene rings is 2. The molecule has 1 aliphatic carbocycles. The zero-order valence-electron chi connectivity index (χ0n) is 22.7. The average Bonchev–Trinajstić information content (AvgIpc) is 3.30. The molecule has 38 heavy (non-hydrogen) atoms. The number of rotatable bonds is 4. The Bertz CT molecular complexity index is 1090. The number of carbonyl (C=O) groups excluding carboxylic acids is 1. The van der Waals surface area contributed by atoms with Crippen LogP contribution in [0.15, 0.2) is 48.5 Å². The highest BCUT2D eigenvalue weighted by Crippen LogP contribution is 2.46. The van der Waals surface area contributed by atoms with E-state index in [0.29, 0.717) is 37.0 Å². The molecule has 5 nitrogen and oxygen atoms in total. The fourth-order valence-electron chi connectivity index (χ4n) is 8.19. The summed E-state index contributed by atoms with van der Waals surface area (Å²) in [7, 11) is 1.74. The number of nitrogens with zero attached hydrogens (tertiary/aromatic N) is 1. The normalized spacial score (nSPS) is 29.8. The molecule has 3 fully saturated rings. The molecule has 0 bridgehead atoms. The molecule has 6 rings (SSSR count). The van der Waals surface area contributed by atoms with E-state index in [9.17, 15) is 4.79 Å². The number of hydrogen-bond acceptors (Lipinski definition) is 3. The van der Waals surface area contributed by atoms with E-state index in [4.69, 9.17) is 9.47 Å². The summed E-state index contributed by atoms with van der Waals surface area (Å²) >= 11 is 0. The van der Waals surface area contributed by atoms with Crippen LogP contribution in [-0.2, 0) is 21.6 Å². The van der Waals surface area contributed by atoms with Crippen molar-refractivity contribution in [2.75, 3.05) is 33.4 Å². The summed E-state index contributed by atoms with van der Waals surface area (Å²) in [6.07, 6.45) is 9.58. The van der Waals surface area contributed by atoms with Gasteiger partial charge in [-0.2, -0.15) is 0 Å². The van der Waals surface area contributed by atoms with Gasteiger partial charge >= 0.3 is 0 Å². The van der Waals surface area contributed by atoms with Crippen LogP contribution in [0.2, 0.25) is 0 Å². The Morgan fingerprint density at radius 3 is 2.66 bits per heavy atom. The Labute approximate surface area is 234 Å². The van der Waals surface area contributed by atoms with Gasteiger partial charge < -0.3 is 32.1 Å². The van der Waals surface area contributed by atoms with Gasteiger partial charge in [0.15, 0.2) is 0 Å². The molecular formula is C32H43ClN2O3. The SMILES string of the molecule is COc1cccc2c1COCC[C@]21C[NH2+]C[C@H]1C(=O)N1CC[C@@H](c2ccccc2)C[C@H]1C1CCCCC1.[Cl-]. The summed E-state index contributed by atoms with van der Waals surface area (Å²) in [6.45, 7) is 3.95. The number of piperidine rings is 1. The standard InChI is InChI=1S/C32H42N2O3.ClH/c1-36-30-14-8-13-27-26(30)21-37-18-16-32(27)22-33-20-28(32)31(35)34-17-15-25(23-9-4-2-5-10-23)19-29(34)24-11-6-3-7-12-24;/h2,4-5,8-10,13-14,24-25,28-29,33H,3,6-7,11-12,15-22H2,1H3;1H/t25-,28+,29+,32+;/m1./s1. The number of halogens is 1. The molecular weight excluding hydrogens is 496 g/mol. The number of hydrogen-bond donors (Lipinski definition) is 1. The number of carbonyl (C=O) groups is 1. The molecule has 2 aromatic rings. The van der Waals surface area contributed by atoms with Crippen LogP contribution >= 0.6 is 0 Å². The molecule has 4 aliphatic rings. The quantitative estimate of drug-likeness (QED) is 0.640. The highest BCUT2D eigenvalue weighted by atomic mass is 35.5. The van der Waals surface area contributed by atoms with Crippen molar-refractivity contribution in [3.63, 3.8) is 0 Å². The fraction of sp³-hybridized carbons (Fsp3) is 0.594. The van der Waals surface area contributed by atoms with Gasteiger partial charge in [-0.3, -0.25) is 4.79 Å². The van der Waals surface area contributed by atoms with Gasteiger partial charge in [0, 0.05) is 24.8 Å². The molecule has 2 aromatic carbocycles. The first-order valence-electron chi connectivity index (χ1n) is 14.6. The van der Waals surface area contributed by atoms with Crippen molar-refractivity contribution in [2.45, 2.75) is 75.3 Å². The van der Waals surface area contributed by atoms with Crippen LogP contribution < -0.4 is 22.5 Å². The number of methoxy groups -OCH3 is 1. The Kier molecular flexibility index (Phi) is 8.66. The number of nitrogens with two attached hydrogens (primary N) is 1. The molecule has 0 aromatic heterocycles. The first-order chi connectivity index (χ1) is 18.2. The molecule has 2 N–H and O–H groups in total. The smallest absolute Gasteiger partial charge is 0.232 e. The molecule has 0 radical (unpaired) electrons. The lowest BCUT2D eigenvalue weighted by Gasteiger charge is -2.46. The summed E-state index contributed by atoms with van der Waals surface area (Å²) < 4.78 is 11.8. The molecule has 0 unspecified atom stereocenters. The largest absolute Gasteiger partial charge is 1.00 e. The van der Waals surface area contributed by atoms with E-state index in [1.165, 1.54) is 43.2 Å². The second-order valence-corrected chi connectivity index (χ2v) is 11.9. The van der Waals surface area contributed by atoms with Gasteiger partial charge in [0.25, 0.3) is 0 Å². The average molecular weight is 539 g/mol. The predicted octanol–water partition coefficient (Wildman–Crippen LogP) is 1.41. The van der Waals surface area contributed by atoms with Gasteiger partial charge in [-0.15, -0.1) is 0 Å². The Morgan fingerprint density at radius 1 is 1.05 bits per heavy atom. The Hall–Kier alpha value is -2.08. The molecule has 1 amide bonds. The van der Waals surface area contributed by atoms with Crippen molar-refractivity contribution in [3.05, 3.63) is 65.2 Å². The van der Waals surface area contributed by atoms with E-state index < -0.39 is 0 Å². The number of ether oxygens (including phenoxy) is 2. The molecule has 3 heterocycles. The lowest BCUT2D eigenvalue weighted by atomic mass is 9.67. The van der Waals surface area contributed by atoms with Crippen molar-refractivity contribution in [1.82, 2.24) is 4.90 Å². The zero-order valence-corrected chi connectivity index (χ0v) is 23.5. The third-order valence-corrected chi connectivity index (χ3v) is 10.1. The zero-order chi connectivity index (χ0) is 25.2.